The molecule has 0 unspecified atom stereocenters. The van der Waals surface area contributed by atoms with E-state index in [-0.39, 0.29) is 61.8 Å². The molecule has 0 saturated heterocycles. The van der Waals surface area contributed by atoms with Crippen molar-refractivity contribution in [2.75, 3.05) is 38.2 Å². The zero-order valence-electron chi connectivity index (χ0n) is 30.5. The third-order valence-electron chi connectivity index (χ3n) is 6.99. The molecule has 0 bridgehead atoms. The molecule has 4 aromatic rings. The van der Waals surface area contributed by atoms with Crippen LogP contribution in [0.5, 0.6) is 0 Å². The first-order chi connectivity index (χ1) is 24.9. The second-order valence-corrected chi connectivity index (χ2v) is 11.6. The number of para-hydroxylation sites is 2. The Morgan fingerprint density at radius 3 is 1.02 bits per heavy atom. The summed E-state index contributed by atoms with van der Waals surface area (Å²) in [6.45, 7) is 3.36. The van der Waals surface area contributed by atoms with Crippen LogP contribution in [0.25, 0.3) is 11.5 Å². The summed E-state index contributed by atoms with van der Waals surface area (Å²) >= 11 is 0. The quantitative estimate of drug-likeness (QED) is 0.125. The molecule has 4 aromatic carbocycles. The molecule has 13 heteroatoms. The molecule has 2 aliphatic rings. The summed E-state index contributed by atoms with van der Waals surface area (Å²) in [5.41, 5.74) is 3.43. The smallest absolute Gasteiger partial charge is 0.871 e. The van der Waals surface area contributed by atoms with Crippen molar-refractivity contribution in [3.05, 3.63) is 144 Å². The molecule has 2 heterocycles. The van der Waals surface area contributed by atoms with Crippen LogP contribution in [0.2, 0.25) is 0 Å². The van der Waals surface area contributed by atoms with Crippen molar-refractivity contribution < 1.29 is 56.7 Å². The third-order valence-corrected chi connectivity index (χ3v) is 6.99. The van der Waals surface area contributed by atoms with Gasteiger partial charge in [0, 0.05) is 28.2 Å². The maximum atomic E-state index is 12.5. The van der Waals surface area contributed by atoms with Gasteiger partial charge in [0.1, 0.15) is 0 Å². The molecule has 6 rings (SSSR count). The fourth-order valence-corrected chi connectivity index (χ4v) is 4.49. The number of rotatable bonds is 6. The van der Waals surface area contributed by atoms with Gasteiger partial charge in [0.25, 0.3) is 11.8 Å². The minimum Gasteiger partial charge on any atom is -0.871 e. The van der Waals surface area contributed by atoms with Crippen molar-refractivity contribution in [2.45, 2.75) is 13.8 Å². The molecule has 0 aromatic heterocycles. The molecule has 2 aliphatic heterocycles. The fraction of sp³-hybridized carbons (Fsp3) is 0.150. The Morgan fingerprint density at radius 2 is 0.774 bits per heavy atom. The second-order valence-electron chi connectivity index (χ2n) is 11.6. The van der Waals surface area contributed by atoms with Gasteiger partial charge in [0.2, 0.25) is 12.8 Å². The van der Waals surface area contributed by atoms with E-state index in [1.54, 1.807) is 115 Å². The van der Waals surface area contributed by atoms with Gasteiger partial charge in [-0.3, -0.25) is 19.2 Å². The van der Waals surface area contributed by atoms with E-state index in [9.17, 15) is 29.4 Å². The topological polar surface area (TPSA) is 152 Å². The maximum Gasteiger partial charge on any atom is 2.00 e. The van der Waals surface area contributed by atoms with Crippen LogP contribution in [0.15, 0.2) is 143 Å². The van der Waals surface area contributed by atoms with E-state index in [4.69, 9.17) is 0 Å². The number of hydrogen-bond donors (Lipinski definition) is 0. The molecule has 0 spiro atoms. The molecule has 0 radical (unpaired) electrons. The number of benzene rings is 4. The van der Waals surface area contributed by atoms with Crippen molar-refractivity contribution in [3.63, 3.8) is 0 Å². The minimum atomic E-state index is -0.382. The summed E-state index contributed by atoms with van der Waals surface area (Å²) in [4.78, 5) is 46.7. The van der Waals surface area contributed by atoms with Gasteiger partial charge >= 0.3 is 27.3 Å². The Labute approximate surface area is 329 Å². The van der Waals surface area contributed by atoms with E-state index in [1.165, 1.54) is 19.8 Å². The summed E-state index contributed by atoms with van der Waals surface area (Å²) in [5.74, 6) is -1.35. The first-order valence-electron chi connectivity index (χ1n) is 16.0. The van der Waals surface area contributed by atoms with Gasteiger partial charge in [-0.05, 0) is 49.2 Å². The van der Waals surface area contributed by atoms with Gasteiger partial charge in [0.15, 0.2) is 0 Å². The van der Waals surface area contributed by atoms with Gasteiger partial charge in [0.05, 0.1) is 33.9 Å². The van der Waals surface area contributed by atoms with Crippen LogP contribution in [0, 0.1) is 0 Å². The molecule has 0 aliphatic carbocycles. The van der Waals surface area contributed by atoms with Gasteiger partial charge in [-0.1, -0.05) is 109 Å². The second kappa shape index (κ2) is 21.5. The average molecular weight is 813 g/mol. The third kappa shape index (κ3) is 12.1. The van der Waals surface area contributed by atoms with Crippen LogP contribution < -0.4 is 20.2 Å². The van der Waals surface area contributed by atoms with Crippen LogP contribution in [-0.4, -0.2) is 74.0 Å². The summed E-state index contributed by atoms with van der Waals surface area (Å²) in [7, 11) is 6.75. The average Bonchev–Trinajstić information content (AvgIpc) is 3.65. The predicted molar refractivity (Wildman–Crippen MR) is 200 cm³/mol. The summed E-state index contributed by atoms with van der Waals surface area (Å²) in [6.07, 6.45) is 1.50. The maximum absolute atomic E-state index is 12.5. The standard InChI is InChI=1S/2C17H14N2O2.2C3H7NO.Cd/c2*1-12-15(16(20)13-8-4-2-5-9-13)17(21)19(18-12)14-10-6-3-7-11-14;2*1-4(2)3-5;/h2*2-11,20H,1H3;2*3H,1-2H3;/q;;;;+2/p-2/b2*16-15-;;;. The first kappa shape index (κ1) is 43.3. The largest absolute Gasteiger partial charge is 2.00 e. The van der Waals surface area contributed by atoms with Gasteiger partial charge in [-0.15, -0.1) is 0 Å². The molecule has 0 fully saturated rings. The Kier molecular flexibility index (Phi) is 17.5. The molecule has 268 valence electrons. The van der Waals surface area contributed by atoms with E-state index >= 15 is 0 Å². The van der Waals surface area contributed by atoms with Crippen LogP contribution in [0.4, 0.5) is 11.4 Å². The fourth-order valence-electron chi connectivity index (χ4n) is 4.49. The van der Waals surface area contributed by atoms with Crippen molar-refractivity contribution in [2.24, 2.45) is 10.2 Å². The van der Waals surface area contributed by atoms with Crippen LogP contribution in [-0.2, 0) is 46.5 Å². The van der Waals surface area contributed by atoms with E-state index in [2.05, 4.69) is 10.2 Å². The molecular formula is C40H40CdN6O6. The predicted octanol–water partition coefficient (Wildman–Crippen LogP) is 3.77. The van der Waals surface area contributed by atoms with Gasteiger partial charge in [-0.2, -0.15) is 20.2 Å². The Morgan fingerprint density at radius 1 is 0.528 bits per heavy atom. The molecule has 12 nitrogen and oxygen atoms in total. The minimum absolute atomic E-state index is 0. The molecule has 53 heavy (non-hydrogen) atoms. The van der Waals surface area contributed by atoms with Crippen LogP contribution in [0.3, 0.4) is 0 Å². The monoisotopic (exact) mass is 814 g/mol. The summed E-state index contributed by atoms with van der Waals surface area (Å²) in [5, 5.41) is 35.9. The Bertz CT molecular complexity index is 1810. The summed E-state index contributed by atoms with van der Waals surface area (Å²) in [6, 6.07) is 35.7. The van der Waals surface area contributed by atoms with Crippen molar-refractivity contribution in [1.29, 1.82) is 0 Å². The first-order valence-corrected chi connectivity index (χ1v) is 16.0. The van der Waals surface area contributed by atoms with E-state index in [0.29, 0.717) is 33.9 Å². The van der Waals surface area contributed by atoms with Gasteiger partial charge < -0.3 is 20.0 Å². The van der Waals surface area contributed by atoms with E-state index in [1.807, 2.05) is 48.5 Å². The Hall–Kier alpha value is -5.90. The number of hydrazone groups is 2. The number of carbonyl (C=O) groups excluding carboxylic acids is 4. The normalized spacial score (nSPS) is 14.7. The zero-order chi connectivity index (χ0) is 38.2. The van der Waals surface area contributed by atoms with Crippen LogP contribution in [0.1, 0.15) is 25.0 Å². The van der Waals surface area contributed by atoms with Crippen LogP contribution >= 0.6 is 0 Å². The number of carbonyl (C=O) groups is 4. The number of nitrogens with zero attached hydrogens (tertiary/aromatic N) is 6. The molecule has 0 saturated carbocycles. The number of hydrogen-bond acceptors (Lipinski definition) is 8. The molecule has 0 N–H and O–H groups in total. The number of anilines is 2. The van der Waals surface area contributed by atoms with E-state index in [0.717, 1.165) is 12.8 Å². The molecular weight excluding hydrogens is 773 g/mol. The van der Waals surface area contributed by atoms with E-state index < -0.39 is 0 Å². The van der Waals surface area contributed by atoms with Crippen molar-refractivity contribution in [3.8, 4) is 0 Å². The Balaban J connectivity index is 0.000000289. The molecule has 0 atom stereocenters. The zero-order valence-corrected chi connectivity index (χ0v) is 34.6. The SMILES string of the molecule is CC1=NN(c2ccccc2)C(=O)/C1=C(\[O-])c1ccccc1.CC1=NN(c2ccccc2)C(=O)/C1=C(\[O-])c1ccccc1.CN(C)C=O.CN(C)C=O.[Cd+2]. The van der Waals surface area contributed by atoms with Crippen molar-refractivity contribution in [1.82, 2.24) is 9.80 Å². The number of amides is 4. The van der Waals surface area contributed by atoms with Crippen molar-refractivity contribution >= 4 is 59.0 Å². The summed E-state index contributed by atoms with van der Waals surface area (Å²) < 4.78 is 0. The van der Waals surface area contributed by atoms with Gasteiger partial charge in [-0.25, -0.2) is 0 Å². The molecule has 4 amide bonds.